The number of halogens is 2. The van der Waals surface area contributed by atoms with Crippen LogP contribution in [0.15, 0.2) is 45.3 Å². The topological polar surface area (TPSA) is 84.5 Å². The summed E-state index contributed by atoms with van der Waals surface area (Å²) in [5.41, 5.74) is 3.34. The highest BCUT2D eigenvalue weighted by atomic mass is 79.9. The number of aryl methyl sites for hydroxylation is 2. The van der Waals surface area contributed by atoms with E-state index in [9.17, 15) is 14.4 Å². The van der Waals surface area contributed by atoms with Gasteiger partial charge in [0.05, 0.1) is 0 Å². The predicted octanol–water partition coefficient (Wildman–Crippen LogP) is 5.12. The van der Waals surface area contributed by atoms with Gasteiger partial charge in [-0.15, -0.1) is 0 Å². The van der Waals surface area contributed by atoms with E-state index in [2.05, 4.69) is 42.5 Å². The largest absolute Gasteiger partial charge is 0.456 e. The van der Waals surface area contributed by atoms with Crippen molar-refractivity contribution < 1.29 is 19.1 Å². The molecule has 0 aliphatic rings. The molecule has 0 saturated carbocycles. The third kappa shape index (κ3) is 7.98. The van der Waals surface area contributed by atoms with Crippen LogP contribution in [0, 0.1) is 13.8 Å². The summed E-state index contributed by atoms with van der Waals surface area (Å²) >= 11 is 6.80. The number of carbonyl (C=O) groups is 3. The molecule has 0 bridgehead atoms. The summed E-state index contributed by atoms with van der Waals surface area (Å²) in [6, 6.07) is 10.9. The van der Waals surface area contributed by atoms with E-state index in [4.69, 9.17) is 4.74 Å². The van der Waals surface area contributed by atoms with Crippen LogP contribution in [0.25, 0.3) is 0 Å². The van der Waals surface area contributed by atoms with Gasteiger partial charge in [0.1, 0.15) is 0 Å². The lowest BCUT2D eigenvalue weighted by atomic mass is 10.1. The van der Waals surface area contributed by atoms with Gasteiger partial charge in [0.25, 0.3) is 5.91 Å². The number of esters is 1. The second kappa shape index (κ2) is 11.1. The minimum Gasteiger partial charge on any atom is -0.456 e. The molecule has 0 aliphatic carbocycles. The monoisotopic (exact) mass is 524 g/mol. The summed E-state index contributed by atoms with van der Waals surface area (Å²) < 4.78 is 6.89. The van der Waals surface area contributed by atoms with E-state index in [1.807, 2.05) is 38.1 Å². The van der Waals surface area contributed by atoms with Crippen molar-refractivity contribution >= 4 is 61.0 Å². The van der Waals surface area contributed by atoms with E-state index in [-0.39, 0.29) is 25.4 Å². The molecule has 0 aromatic heterocycles. The van der Waals surface area contributed by atoms with Gasteiger partial charge in [-0.3, -0.25) is 14.4 Å². The lowest BCUT2D eigenvalue weighted by molar-refractivity contribution is -0.147. The van der Waals surface area contributed by atoms with Crippen LogP contribution in [-0.2, 0) is 19.1 Å². The fourth-order valence-corrected chi connectivity index (χ4v) is 3.08. The first kappa shape index (κ1) is 23.1. The van der Waals surface area contributed by atoms with E-state index in [1.165, 1.54) is 0 Å². The average molecular weight is 526 g/mol. The van der Waals surface area contributed by atoms with E-state index < -0.39 is 11.9 Å². The van der Waals surface area contributed by atoms with Crippen molar-refractivity contribution in [3.63, 3.8) is 0 Å². The Morgan fingerprint density at radius 1 is 0.862 bits per heavy atom. The quantitative estimate of drug-likeness (QED) is 0.468. The molecule has 0 radical (unpaired) electrons. The molecule has 0 atom stereocenters. The SMILES string of the molecule is Cc1cc(NC(=O)COC(=O)CCCC(=O)Nc2ccc(Br)cc2)cc(C)c1Br. The van der Waals surface area contributed by atoms with Crippen LogP contribution >= 0.6 is 31.9 Å². The van der Waals surface area contributed by atoms with Gasteiger partial charge in [0.2, 0.25) is 5.91 Å². The summed E-state index contributed by atoms with van der Waals surface area (Å²) in [7, 11) is 0. The highest BCUT2D eigenvalue weighted by Crippen LogP contribution is 2.25. The first-order valence-corrected chi connectivity index (χ1v) is 10.6. The van der Waals surface area contributed by atoms with Gasteiger partial charge in [0, 0.05) is 33.2 Å². The molecule has 0 unspecified atom stereocenters. The number of rotatable bonds is 8. The molecule has 0 spiro atoms. The average Bonchev–Trinajstić information content (AvgIpc) is 2.66. The van der Waals surface area contributed by atoms with Gasteiger partial charge in [-0.2, -0.15) is 0 Å². The molecule has 0 saturated heterocycles. The summed E-state index contributed by atoms with van der Waals surface area (Å²) in [6.07, 6.45) is 0.597. The second-order valence-corrected chi connectivity index (χ2v) is 8.25. The van der Waals surface area contributed by atoms with E-state index in [1.54, 1.807) is 12.1 Å². The van der Waals surface area contributed by atoms with Crippen LogP contribution in [0.2, 0.25) is 0 Å². The van der Waals surface area contributed by atoms with Crippen molar-refractivity contribution in [3.8, 4) is 0 Å². The van der Waals surface area contributed by atoms with Gasteiger partial charge in [-0.25, -0.2) is 0 Å². The van der Waals surface area contributed by atoms with E-state index in [0.717, 1.165) is 20.1 Å². The fourth-order valence-electron chi connectivity index (χ4n) is 2.58. The number of nitrogens with one attached hydrogen (secondary N) is 2. The van der Waals surface area contributed by atoms with Crippen LogP contribution < -0.4 is 10.6 Å². The van der Waals surface area contributed by atoms with Crippen LogP contribution in [-0.4, -0.2) is 24.4 Å². The van der Waals surface area contributed by atoms with E-state index >= 15 is 0 Å². The molecular weight excluding hydrogens is 504 g/mol. The van der Waals surface area contributed by atoms with Crippen LogP contribution in [0.3, 0.4) is 0 Å². The maximum absolute atomic E-state index is 12.0. The first-order valence-electron chi connectivity index (χ1n) is 9.02. The normalized spacial score (nSPS) is 10.3. The Morgan fingerprint density at radius 2 is 1.45 bits per heavy atom. The first-order chi connectivity index (χ1) is 13.7. The second-order valence-electron chi connectivity index (χ2n) is 6.54. The maximum Gasteiger partial charge on any atom is 0.306 e. The minimum atomic E-state index is -0.514. The number of amides is 2. The molecule has 2 amide bonds. The highest BCUT2D eigenvalue weighted by molar-refractivity contribution is 9.10. The smallest absolute Gasteiger partial charge is 0.306 e. The van der Waals surface area contributed by atoms with Gasteiger partial charge in [-0.1, -0.05) is 31.9 Å². The molecule has 2 aromatic carbocycles. The molecule has 8 heteroatoms. The van der Waals surface area contributed by atoms with Crippen molar-refractivity contribution in [2.24, 2.45) is 0 Å². The van der Waals surface area contributed by atoms with Crippen LogP contribution in [0.1, 0.15) is 30.4 Å². The zero-order chi connectivity index (χ0) is 21.4. The number of carbonyl (C=O) groups excluding carboxylic acids is 3. The summed E-state index contributed by atoms with van der Waals surface area (Å²) in [5, 5.41) is 5.46. The Bertz CT molecular complexity index is 875. The third-order valence-corrected chi connectivity index (χ3v) is 5.78. The molecular formula is C21H22Br2N2O4. The van der Waals surface area contributed by atoms with Crippen molar-refractivity contribution in [1.29, 1.82) is 0 Å². The maximum atomic E-state index is 12.0. The van der Waals surface area contributed by atoms with Crippen molar-refractivity contribution in [1.82, 2.24) is 0 Å². The van der Waals surface area contributed by atoms with Crippen molar-refractivity contribution in [2.75, 3.05) is 17.2 Å². The Morgan fingerprint density at radius 3 is 2.07 bits per heavy atom. The zero-order valence-electron chi connectivity index (χ0n) is 16.2. The van der Waals surface area contributed by atoms with Gasteiger partial charge in [0.15, 0.2) is 6.61 Å². The Balaban J connectivity index is 1.66. The van der Waals surface area contributed by atoms with Gasteiger partial charge < -0.3 is 15.4 Å². The van der Waals surface area contributed by atoms with Crippen LogP contribution in [0.5, 0.6) is 0 Å². The highest BCUT2D eigenvalue weighted by Gasteiger charge is 2.11. The number of ether oxygens (including phenoxy) is 1. The number of hydrogen-bond donors (Lipinski definition) is 2. The Labute approximate surface area is 186 Å². The summed E-state index contributed by atoms with van der Waals surface area (Å²) in [6.45, 7) is 3.50. The third-order valence-electron chi connectivity index (χ3n) is 4.00. The lowest BCUT2D eigenvalue weighted by Gasteiger charge is -2.10. The van der Waals surface area contributed by atoms with Crippen molar-refractivity contribution in [2.45, 2.75) is 33.1 Å². The Kier molecular flexibility index (Phi) is 8.85. The fraction of sp³-hybridized carbons (Fsp3) is 0.286. The molecule has 2 aromatic rings. The zero-order valence-corrected chi connectivity index (χ0v) is 19.4. The predicted molar refractivity (Wildman–Crippen MR) is 120 cm³/mol. The van der Waals surface area contributed by atoms with Gasteiger partial charge in [-0.05, 0) is 67.8 Å². The van der Waals surface area contributed by atoms with Crippen LogP contribution in [0.4, 0.5) is 11.4 Å². The number of hydrogen-bond acceptors (Lipinski definition) is 4. The van der Waals surface area contributed by atoms with Gasteiger partial charge >= 0.3 is 5.97 Å². The molecule has 6 nitrogen and oxygen atoms in total. The number of benzene rings is 2. The lowest BCUT2D eigenvalue weighted by Crippen LogP contribution is -2.21. The Hall–Kier alpha value is -2.19. The standard InChI is InChI=1S/C21H22Br2N2O4/c1-13-10-17(11-14(2)21(13)23)25-19(27)12-29-20(28)5-3-4-18(26)24-16-8-6-15(22)7-9-16/h6-11H,3-5,12H2,1-2H3,(H,24,26)(H,25,27). The minimum absolute atomic E-state index is 0.0670. The molecule has 0 heterocycles. The number of anilines is 2. The molecule has 2 N–H and O–H groups in total. The molecule has 0 fully saturated rings. The summed E-state index contributed by atoms with van der Waals surface area (Å²) in [5.74, 6) is -1.11. The molecule has 2 rings (SSSR count). The molecule has 154 valence electrons. The summed E-state index contributed by atoms with van der Waals surface area (Å²) in [4.78, 5) is 35.6. The molecule has 0 aliphatic heterocycles. The van der Waals surface area contributed by atoms with Crippen molar-refractivity contribution in [3.05, 3.63) is 56.5 Å². The van der Waals surface area contributed by atoms with E-state index in [0.29, 0.717) is 17.8 Å². The molecule has 29 heavy (non-hydrogen) atoms.